The number of carbonyl (C=O) groups excluding carboxylic acids is 1. The Hall–Kier alpha value is -1.79. The smallest absolute Gasteiger partial charge is 0.241 e. The van der Waals surface area contributed by atoms with E-state index in [-0.39, 0.29) is 0 Å². The SMILES string of the molecule is N#Cc1cc(Cl)cc(C=CC(N)=O)c1. The third-order valence-electron chi connectivity index (χ3n) is 1.49. The number of rotatable bonds is 2. The molecular formula is C10H7ClN2O. The molecule has 0 saturated heterocycles. The number of primary amides is 1. The first-order valence-electron chi connectivity index (χ1n) is 3.80. The zero-order valence-electron chi connectivity index (χ0n) is 7.20. The molecule has 1 amide bonds. The normalized spacial score (nSPS) is 10.0. The molecule has 1 aromatic carbocycles. The number of nitrogens with zero attached hydrogens (tertiary/aromatic N) is 1. The molecule has 0 aliphatic rings. The van der Waals surface area contributed by atoms with Crippen molar-refractivity contribution in [3.8, 4) is 6.07 Å². The Labute approximate surface area is 86.4 Å². The molecule has 0 aliphatic carbocycles. The first-order valence-corrected chi connectivity index (χ1v) is 4.18. The first kappa shape index (κ1) is 10.3. The van der Waals surface area contributed by atoms with Crippen LogP contribution in [0.15, 0.2) is 24.3 Å². The molecule has 14 heavy (non-hydrogen) atoms. The Kier molecular flexibility index (Phi) is 3.27. The van der Waals surface area contributed by atoms with Crippen LogP contribution in [0.5, 0.6) is 0 Å². The molecule has 0 aromatic heterocycles. The second kappa shape index (κ2) is 4.45. The van der Waals surface area contributed by atoms with E-state index in [1.165, 1.54) is 12.2 Å². The third-order valence-corrected chi connectivity index (χ3v) is 1.71. The topological polar surface area (TPSA) is 66.9 Å². The minimum Gasteiger partial charge on any atom is -0.366 e. The molecule has 0 aliphatic heterocycles. The predicted octanol–water partition coefficient (Wildman–Crippen LogP) is 1.71. The number of hydrogen-bond acceptors (Lipinski definition) is 2. The summed E-state index contributed by atoms with van der Waals surface area (Å²) in [6.07, 6.45) is 2.72. The van der Waals surface area contributed by atoms with Crippen LogP contribution in [0.25, 0.3) is 6.08 Å². The lowest BCUT2D eigenvalue weighted by molar-refractivity contribution is -0.113. The number of halogens is 1. The van der Waals surface area contributed by atoms with E-state index in [1.54, 1.807) is 18.2 Å². The van der Waals surface area contributed by atoms with Crippen LogP contribution in [0.1, 0.15) is 11.1 Å². The number of amides is 1. The van der Waals surface area contributed by atoms with Gasteiger partial charge in [0.05, 0.1) is 11.6 Å². The van der Waals surface area contributed by atoms with Gasteiger partial charge in [-0.3, -0.25) is 4.79 Å². The lowest BCUT2D eigenvalue weighted by atomic mass is 10.1. The van der Waals surface area contributed by atoms with Crippen LogP contribution in [0.4, 0.5) is 0 Å². The summed E-state index contributed by atoms with van der Waals surface area (Å²) in [4.78, 5) is 10.4. The van der Waals surface area contributed by atoms with Gasteiger partial charge in [0.15, 0.2) is 0 Å². The van der Waals surface area contributed by atoms with Crippen molar-refractivity contribution in [3.63, 3.8) is 0 Å². The zero-order valence-corrected chi connectivity index (χ0v) is 7.95. The highest BCUT2D eigenvalue weighted by Gasteiger charge is 1.96. The molecule has 0 saturated carbocycles. The summed E-state index contributed by atoms with van der Waals surface area (Å²) in [5.74, 6) is -0.538. The highest BCUT2D eigenvalue weighted by Crippen LogP contribution is 2.15. The fourth-order valence-electron chi connectivity index (χ4n) is 0.951. The van der Waals surface area contributed by atoms with Crippen molar-refractivity contribution in [1.82, 2.24) is 0 Å². The highest BCUT2D eigenvalue weighted by molar-refractivity contribution is 6.30. The van der Waals surface area contributed by atoms with E-state index in [4.69, 9.17) is 22.6 Å². The van der Waals surface area contributed by atoms with E-state index < -0.39 is 5.91 Å². The maximum absolute atomic E-state index is 10.4. The van der Waals surface area contributed by atoms with Crippen LogP contribution in [-0.4, -0.2) is 5.91 Å². The summed E-state index contributed by atoms with van der Waals surface area (Å²) < 4.78 is 0. The Balaban J connectivity index is 3.05. The number of nitrogens with two attached hydrogens (primary N) is 1. The molecule has 70 valence electrons. The zero-order chi connectivity index (χ0) is 10.6. The van der Waals surface area contributed by atoms with Gasteiger partial charge in [0.25, 0.3) is 0 Å². The Morgan fingerprint density at radius 2 is 2.21 bits per heavy atom. The molecular weight excluding hydrogens is 200 g/mol. The van der Waals surface area contributed by atoms with Crippen molar-refractivity contribution in [1.29, 1.82) is 5.26 Å². The number of benzene rings is 1. The van der Waals surface area contributed by atoms with Gasteiger partial charge >= 0.3 is 0 Å². The van der Waals surface area contributed by atoms with E-state index in [2.05, 4.69) is 0 Å². The molecule has 0 heterocycles. The van der Waals surface area contributed by atoms with Crippen molar-refractivity contribution in [3.05, 3.63) is 40.4 Å². The highest BCUT2D eigenvalue weighted by atomic mass is 35.5. The summed E-state index contributed by atoms with van der Waals surface area (Å²) in [6.45, 7) is 0. The van der Waals surface area contributed by atoms with Crippen LogP contribution in [0.2, 0.25) is 5.02 Å². The first-order chi connectivity index (χ1) is 6.61. The van der Waals surface area contributed by atoms with E-state index in [0.717, 1.165) is 0 Å². The molecule has 0 bridgehead atoms. The largest absolute Gasteiger partial charge is 0.366 e. The van der Waals surface area contributed by atoms with E-state index in [9.17, 15) is 4.79 Å². The minimum atomic E-state index is -0.538. The predicted molar refractivity (Wildman–Crippen MR) is 54.4 cm³/mol. The van der Waals surface area contributed by atoms with Gasteiger partial charge in [0.1, 0.15) is 0 Å². The van der Waals surface area contributed by atoms with Gasteiger partial charge in [-0.15, -0.1) is 0 Å². The monoisotopic (exact) mass is 206 g/mol. The number of hydrogen-bond donors (Lipinski definition) is 1. The summed E-state index contributed by atoms with van der Waals surface area (Å²) in [6, 6.07) is 6.76. The molecule has 0 spiro atoms. The second-order valence-corrected chi connectivity index (χ2v) is 3.06. The summed E-state index contributed by atoms with van der Waals surface area (Å²) >= 11 is 5.74. The van der Waals surface area contributed by atoms with Crippen LogP contribution in [-0.2, 0) is 4.79 Å². The number of nitriles is 1. The van der Waals surface area contributed by atoms with Crippen LogP contribution >= 0.6 is 11.6 Å². The minimum absolute atomic E-state index is 0.446. The lowest BCUT2D eigenvalue weighted by Crippen LogP contribution is -2.05. The molecule has 0 fully saturated rings. The molecule has 2 N–H and O–H groups in total. The Morgan fingerprint density at radius 1 is 1.50 bits per heavy atom. The molecule has 0 atom stereocenters. The fourth-order valence-corrected chi connectivity index (χ4v) is 1.20. The van der Waals surface area contributed by atoms with E-state index in [0.29, 0.717) is 16.1 Å². The summed E-state index contributed by atoms with van der Waals surface area (Å²) in [5, 5.41) is 9.09. The average molecular weight is 207 g/mol. The number of carbonyl (C=O) groups is 1. The Morgan fingerprint density at radius 3 is 2.79 bits per heavy atom. The molecule has 3 nitrogen and oxygen atoms in total. The van der Waals surface area contributed by atoms with Gasteiger partial charge in [-0.1, -0.05) is 11.6 Å². The lowest BCUT2D eigenvalue weighted by Gasteiger charge is -1.95. The van der Waals surface area contributed by atoms with Gasteiger partial charge in [0.2, 0.25) is 5.91 Å². The molecule has 0 unspecified atom stereocenters. The summed E-state index contributed by atoms with van der Waals surface area (Å²) in [5.41, 5.74) is 6.05. The van der Waals surface area contributed by atoms with Gasteiger partial charge < -0.3 is 5.73 Å². The van der Waals surface area contributed by atoms with Crippen molar-refractivity contribution in [2.24, 2.45) is 5.73 Å². The van der Waals surface area contributed by atoms with Crippen molar-refractivity contribution in [2.75, 3.05) is 0 Å². The maximum Gasteiger partial charge on any atom is 0.241 e. The second-order valence-electron chi connectivity index (χ2n) is 2.62. The van der Waals surface area contributed by atoms with Crippen LogP contribution in [0.3, 0.4) is 0 Å². The molecule has 4 heteroatoms. The molecule has 0 radical (unpaired) electrons. The van der Waals surface area contributed by atoms with Gasteiger partial charge in [-0.25, -0.2) is 0 Å². The average Bonchev–Trinajstić information content (AvgIpc) is 2.14. The van der Waals surface area contributed by atoms with Crippen molar-refractivity contribution in [2.45, 2.75) is 0 Å². The van der Waals surface area contributed by atoms with Crippen LogP contribution in [0, 0.1) is 11.3 Å². The van der Waals surface area contributed by atoms with Crippen molar-refractivity contribution >= 4 is 23.6 Å². The quantitative estimate of drug-likeness (QED) is 0.749. The standard InChI is InChI=1S/C10H7ClN2O/c11-9-4-7(1-2-10(13)14)3-8(5-9)6-12/h1-5H,(H2,13,14). The third kappa shape index (κ3) is 2.92. The summed E-state index contributed by atoms with van der Waals surface area (Å²) in [7, 11) is 0. The Bertz CT molecular complexity index is 432. The van der Waals surface area contributed by atoms with Gasteiger partial charge in [-0.2, -0.15) is 5.26 Å². The maximum atomic E-state index is 10.4. The van der Waals surface area contributed by atoms with E-state index >= 15 is 0 Å². The molecule has 1 rings (SSSR count). The van der Waals surface area contributed by atoms with Gasteiger partial charge in [0, 0.05) is 11.1 Å². The fraction of sp³-hybridized carbons (Fsp3) is 0. The van der Waals surface area contributed by atoms with Gasteiger partial charge in [-0.05, 0) is 29.8 Å². The van der Waals surface area contributed by atoms with E-state index in [1.807, 2.05) is 6.07 Å². The van der Waals surface area contributed by atoms with Crippen molar-refractivity contribution < 1.29 is 4.79 Å². The molecule has 1 aromatic rings. The van der Waals surface area contributed by atoms with Crippen LogP contribution < -0.4 is 5.73 Å².